The first-order valence-electron chi connectivity index (χ1n) is 9.77. The molecule has 0 radical (unpaired) electrons. The summed E-state index contributed by atoms with van der Waals surface area (Å²) in [5, 5.41) is 9.90. The van der Waals surface area contributed by atoms with Crippen molar-refractivity contribution in [2.45, 2.75) is 18.6 Å². The Morgan fingerprint density at radius 1 is 1.10 bits per heavy atom. The molecular formula is C22H25NO7. The molecule has 0 spiro atoms. The fourth-order valence-electron chi connectivity index (χ4n) is 3.92. The van der Waals surface area contributed by atoms with Gasteiger partial charge in [0.15, 0.2) is 23.0 Å². The Labute approximate surface area is 174 Å². The van der Waals surface area contributed by atoms with Gasteiger partial charge in [0.25, 0.3) is 0 Å². The molecule has 0 unspecified atom stereocenters. The topological polar surface area (TPSA) is 86.7 Å². The first-order valence-corrected chi connectivity index (χ1v) is 9.77. The van der Waals surface area contributed by atoms with Crippen molar-refractivity contribution in [2.24, 2.45) is 0 Å². The van der Waals surface area contributed by atoms with Gasteiger partial charge >= 0.3 is 0 Å². The molecule has 160 valence electrons. The van der Waals surface area contributed by atoms with Gasteiger partial charge in [-0.05, 0) is 35.4 Å². The van der Waals surface area contributed by atoms with Gasteiger partial charge in [-0.3, -0.25) is 4.79 Å². The van der Waals surface area contributed by atoms with Crippen LogP contribution in [-0.4, -0.2) is 62.8 Å². The number of morpholine rings is 1. The molecule has 1 amide bonds. The van der Waals surface area contributed by atoms with Crippen LogP contribution in [0.3, 0.4) is 0 Å². The zero-order chi connectivity index (χ0) is 21.1. The first kappa shape index (κ1) is 20.3. The number of aliphatic hydroxyl groups is 1. The number of hydrogen-bond donors (Lipinski definition) is 1. The average molecular weight is 415 g/mol. The molecule has 1 N–H and O–H groups in total. The Morgan fingerprint density at radius 3 is 2.67 bits per heavy atom. The summed E-state index contributed by atoms with van der Waals surface area (Å²) in [6.07, 6.45) is -0.323. The van der Waals surface area contributed by atoms with E-state index in [4.69, 9.17) is 23.7 Å². The van der Waals surface area contributed by atoms with Crippen LogP contribution in [-0.2, 0) is 16.0 Å². The van der Waals surface area contributed by atoms with Crippen molar-refractivity contribution in [3.63, 3.8) is 0 Å². The standard InChI is InChI=1S/C22H25NO7/c1-26-16-6-4-15(11-18(16)27-2)22-20(12-24)28-8-7-23(22)21(25)10-14-3-5-17-19(9-14)30-13-29-17/h3-6,9,11,20,22,24H,7-8,10,12-13H2,1-2H3/t20-,22-/m1/s1. The second-order valence-electron chi connectivity index (χ2n) is 7.10. The minimum absolute atomic E-state index is 0.0598. The summed E-state index contributed by atoms with van der Waals surface area (Å²) in [4.78, 5) is 15.0. The molecule has 2 aromatic carbocycles. The van der Waals surface area contributed by atoms with Gasteiger partial charge in [0.2, 0.25) is 12.7 Å². The van der Waals surface area contributed by atoms with Crippen LogP contribution >= 0.6 is 0 Å². The Balaban J connectivity index is 1.60. The Kier molecular flexibility index (Phi) is 5.96. The van der Waals surface area contributed by atoms with Gasteiger partial charge in [-0.1, -0.05) is 12.1 Å². The fraction of sp³-hybridized carbons (Fsp3) is 0.409. The van der Waals surface area contributed by atoms with Crippen molar-refractivity contribution in [1.82, 2.24) is 4.90 Å². The molecule has 0 saturated carbocycles. The average Bonchev–Trinajstić information content (AvgIpc) is 3.25. The van der Waals surface area contributed by atoms with Crippen LogP contribution in [0.2, 0.25) is 0 Å². The van der Waals surface area contributed by atoms with Gasteiger partial charge in [0, 0.05) is 6.54 Å². The van der Waals surface area contributed by atoms with Crippen LogP contribution in [0.4, 0.5) is 0 Å². The maximum atomic E-state index is 13.3. The van der Waals surface area contributed by atoms with Gasteiger partial charge in [0.1, 0.15) is 6.10 Å². The largest absolute Gasteiger partial charge is 0.493 e. The van der Waals surface area contributed by atoms with Crippen LogP contribution in [0.15, 0.2) is 36.4 Å². The third-order valence-electron chi connectivity index (χ3n) is 5.39. The lowest BCUT2D eigenvalue weighted by molar-refractivity contribution is -0.149. The van der Waals surface area contributed by atoms with Crippen molar-refractivity contribution in [1.29, 1.82) is 0 Å². The van der Waals surface area contributed by atoms with Crippen molar-refractivity contribution >= 4 is 5.91 Å². The van der Waals surface area contributed by atoms with Crippen LogP contribution in [0.5, 0.6) is 23.0 Å². The van der Waals surface area contributed by atoms with Crippen LogP contribution in [0.25, 0.3) is 0 Å². The molecule has 1 saturated heterocycles. The van der Waals surface area contributed by atoms with Crippen LogP contribution in [0.1, 0.15) is 17.2 Å². The highest BCUT2D eigenvalue weighted by atomic mass is 16.7. The lowest BCUT2D eigenvalue weighted by Gasteiger charge is -2.41. The third-order valence-corrected chi connectivity index (χ3v) is 5.39. The summed E-state index contributed by atoms with van der Waals surface area (Å²) in [6.45, 7) is 0.781. The van der Waals surface area contributed by atoms with Crippen molar-refractivity contribution in [3.05, 3.63) is 47.5 Å². The predicted molar refractivity (Wildman–Crippen MR) is 107 cm³/mol. The molecule has 8 nitrogen and oxygen atoms in total. The van der Waals surface area contributed by atoms with Crippen molar-refractivity contribution < 1.29 is 33.6 Å². The maximum Gasteiger partial charge on any atom is 0.231 e. The smallest absolute Gasteiger partial charge is 0.231 e. The molecule has 4 rings (SSSR count). The van der Waals surface area contributed by atoms with E-state index in [2.05, 4.69) is 0 Å². The number of amides is 1. The molecule has 0 bridgehead atoms. The van der Waals surface area contributed by atoms with E-state index in [0.717, 1.165) is 11.1 Å². The number of benzene rings is 2. The van der Waals surface area contributed by atoms with E-state index < -0.39 is 12.1 Å². The number of carbonyl (C=O) groups excluding carboxylic acids is 1. The second kappa shape index (κ2) is 8.81. The van der Waals surface area contributed by atoms with E-state index in [9.17, 15) is 9.90 Å². The highest BCUT2D eigenvalue weighted by Crippen LogP contribution is 2.37. The number of nitrogens with zero attached hydrogens (tertiary/aromatic N) is 1. The predicted octanol–water partition coefficient (Wildman–Crippen LogP) is 1.94. The second-order valence-corrected chi connectivity index (χ2v) is 7.10. The Hall–Kier alpha value is -2.97. The van der Waals surface area contributed by atoms with Crippen molar-refractivity contribution in [2.75, 3.05) is 40.8 Å². The van der Waals surface area contributed by atoms with Gasteiger partial charge < -0.3 is 33.7 Å². The summed E-state index contributed by atoms with van der Waals surface area (Å²) in [7, 11) is 3.13. The molecule has 8 heteroatoms. The Morgan fingerprint density at radius 2 is 1.90 bits per heavy atom. The van der Waals surface area contributed by atoms with E-state index in [0.29, 0.717) is 36.1 Å². The summed E-state index contributed by atoms with van der Waals surface area (Å²) in [6, 6.07) is 10.5. The van der Waals surface area contributed by atoms with Gasteiger partial charge in [-0.2, -0.15) is 0 Å². The number of carbonyl (C=O) groups is 1. The number of rotatable bonds is 6. The molecule has 2 aromatic rings. The molecule has 2 atom stereocenters. The highest BCUT2D eigenvalue weighted by molar-refractivity contribution is 5.80. The molecule has 0 aromatic heterocycles. The van der Waals surface area contributed by atoms with E-state index in [1.165, 1.54) is 0 Å². The summed E-state index contributed by atoms with van der Waals surface area (Å²) in [5.74, 6) is 2.42. The quantitative estimate of drug-likeness (QED) is 0.772. The molecule has 1 fully saturated rings. The zero-order valence-electron chi connectivity index (χ0n) is 17.0. The summed E-state index contributed by atoms with van der Waals surface area (Å²) >= 11 is 0. The van der Waals surface area contributed by atoms with E-state index in [1.807, 2.05) is 30.3 Å². The number of methoxy groups -OCH3 is 2. The van der Waals surface area contributed by atoms with E-state index in [-0.39, 0.29) is 25.7 Å². The van der Waals surface area contributed by atoms with Crippen LogP contribution < -0.4 is 18.9 Å². The lowest BCUT2D eigenvalue weighted by Crippen LogP contribution is -2.49. The molecule has 0 aliphatic carbocycles. The monoisotopic (exact) mass is 415 g/mol. The Bertz CT molecular complexity index is 916. The van der Waals surface area contributed by atoms with Crippen LogP contribution in [0, 0.1) is 0 Å². The summed E-state index contributed by atoms with van der Waals surface area (Å²) in [5.41, 5.74) is 1.65. The van der Waals surface area contributed by atoms with Gasteiger partial charge in [-0.25, -0.2) is 0 Å². The minimum atomic E-state index is -0.530. The normalized spacial score (nSPS) is 20.2. The SMILES string of the molecule is COc1ccc([C@@H]2[C@@H](CO)OCCN2C(=O)Cc2ccc3c(c2)OCO3)cc1OC. The number of ether oxygens (including phenoxy) is 5. The number of fused-ring (bicyclic) bond motifs is 1. The minimum Gasteiger partial charge on any atom is -0.493 e. The van der Waals surface area contributed by atoms with E-state index in [1.54, 1.807) is 25.2 Å². The fourth-order valence-corrected chi connectivity index (χ4v) is 3.92. The molecule has 30 heavy (non-hydrogen) atoms. The molecular weight excluding hydrogens is 390 g/mol. The number of hydrogen-bond acceptors (Lipinski definition) is 7. The van der Waals surface area contributed by atoms with Gasteiger partial charge in [0.05, 0.1) is 39.9 Å². The molecule has 2 heterocycles. The van der Waals surface area contributed by atoms with Gasteiger partial charge in [-0.15, -0.1) is 0 Å². The summed E-state index contributed by atoms with van der Waals surface area (Å²) < 4.78 is 27.2. The molecule has 2 aliphatic rings. The van der Waals surface area contributed by atoms with E-state index >= 15 is 0 Å². The first-order chi connectivity index (χ1) is 14.6. The lowest BCUT2D eigenvalue weighted by atomic mass is 9.96. The highest BCUT2D eigenvalue weighted by Gasteiger charge is 2.36. The zero-order valence-corrected chi connectivity index (χ0v) is 17.0. The molecule has 2 aliphatic heterocycles. The third kappa shape index (κ3) is 3.88. The van der Waals surface area contributed by atoms with Crippen molar-refractivity contribution in [3.8, 4) is 23.0 Å². The maximum absolute atomic E-state index is 13.3. The number of aliphatic hydroxyl groups excluding tert-OH is 1.